The number of amides is 1. The van der Waals surface area contributed by atoms with E-state index in [1.54, 1.807) is 29.5 Å². The van der Waals surface area contributed by atoms with Crippen molar-refractivity contribution in [2.45, 2.75) is 11.4 Å². The molecule has 2 aromatic carbocycles. The van der Waals surface area contributed by atoms with Gasteiger partial charge in [-0.05, 0) is 24.3 Å². The van der Waals surface area contributed by atoms with Gasteiger partial charge in [0.15, 0.2) is 0 Å². The molecule has 1 aliphatic rings. The van der Waals surface area contributed by atoms with Gasteiger partial charge in [0, 0.05) is 31.1 Å². The van der Waals surface area contributed by atoms with Crippen LogP contribution in [-0.4, -0.2) is 52.6 Å². The third-order valence-electron chi connectivity index (χ3n) is 4.61. The highest BCUT2D eigenvalue weighted by molar-refractivity contribution is 8.00. The van der Waals surface area contributed by atoms with Crippen molar-refractivity contribution in [1.29, 1.82) is 0 Å². The van der Waals surface area contributed by atoms with Crippen molar-refractivity contribution in [1.82, 2.24) is 14.8 Å². The molecule has 1 fully saturated rings. The summed E-state index contributed by atoms with van der Waals surface area (Å²) in [4.78, 5) is 21.9. The van der Waals surface area contributed by atoms with E-state index < -0.39 is 0 Å². The zero-order valence-corrected chi connectivity index (χ0v) is 16.4. The number of rotatable bonds is 5. The molecule has 4 nitrogen and oxygen atoms in total. The molecule has 0 aliphatic carbocycles. The standard InChI is InChI=1S/C20H20FN3OS2/c21-15-5-1-3-7-17(15)26-14-20(25)24-11-9-23(10-12-24)13-19-22-16-6-2-4-8-18(16)27-19/h1-8H,9-14H2. The molecular weight excluding hydrogens is 381 g/mol. The summed E-state index contributed by atoms with van der Waals surface area (Å²) in [5.41, 5.74) is 1.05. The second-order valence-electron chi connectivity index (χ2n) is 6.45. The number of aromatic nitrogens is 1. The number of piperazine rings is 1. The minimum Gasteiger partial charge on any atom is -0.339 e. The molecule has 0 atom stereocenters. The Hall–Kier alpha value is -1.96. The van der Waals surface area contributed by atoms with Crippen LogP contribution in [0.5, 0.6) is 0 Å². The Labute approximate surface area is 166 Å². The molecule has 0 spiro atoms. The number of carbonyl (C=O) groups excluding carboxylic acids is 1. The molecule has 0 unspecified atom stereocenters. The number of fused-ring (bicyclic) bond motifs is 1. The Morgan fingerprint density at radius 3 is 2.59 bits per heavy atom. The van der Waals surface area contributed by atoms with Crippen LogP contribution in [0.1, 0.15) is 5.01 Å². The Balaban J connectivity index is 1.27. The number of para-hydroxylation sites is 1. The minimum absolute atomic E-state index is 0.0721. The minimum atomic E-state index is -0.268. The van der Waals surface area contributed by atoms with E-state index in [2.05, 4.69) is 16.0 Å². The number of nitrogens with zero attached hydrogens (tertiary/aromatic N) is 3. The Kier molecular flexibility index (Phi) is 5.71. The second kappa shape index (κ2) is 8.37. The maximum atomic E-state index is 13.7. The van der Waals surface area contributed by atoms with Crippen molar-refractivity contribution in [2.24, 2.45) is 0 Å². The van der Waals surface area contributed by atoms with Crippen LogP contribution < -0.4 is 0 Å². The third-order valence-corrected chi connectivity index (χ3v) is 6.66. The fraction of sp³-hybridized carbons (Fsp3) is 0.300. The quantitative estimate of drug-likeness (QED) is 0.608. The summed E-state index contributed by atoms with van der Waals surface area (Å²) >= 11 is 3.00. The van der Waals surface area contributed by atoms with Gasteiger partial charge in [-0.15, -0.1) is 23.1 Å². The van der Waals surface area contributed by atoms with Crippen LogP contribution in [0.4, 0.5) is 4.39 Å². The molecule has 1 aromatic heterocycles. The molecule has 3 aromatic rings. The van der Waals surface area contributed by atoms with Gasteiger partial charge in [0.05, 0.1) is 22.5 Å². The van der Waals surface area contributed by atoms with E-state index in [1.165, 1.54) is 22.5 Å². The van der Waals surface area contributed by atoms with Gasteiger partial charge in [0.2, 0.25) is 5.91 Å². The number of carbonyl (C=O) groups is 1. The van der Waals surface area contributed by atoms with Gasteiger partial charge in [-0.2, -0.15) is 0 Å². The average Bonchev–Trinajstić information content (AvgIpc) is 3.10. The molecule has 2 heterocycles. The predicted molar refractivity (Wildman–Crippen MR) is 109 cm³/mol. The lowest BCUT2D eigenvalue weighted by atomic mass is 10.3. The summed E-state index contributed by atoms with van der Waals surface area (Å²) in [6.07, 6.45) is 0. The maximum absolute atomic E-state index is 13.7. The van der Waals surface area contributed by atoms with Crippen LogP contribution in [0, 0.1) is 5.82 Å². The summed E-state index contributed by atoms with van der Waals surface area (Å²) < 4.78 is 14.9. The number of benzene rings is 2. The van der Waals surface area contributed by atoms with Gasteiger partial charge < -0.3 is 4.90 Å². The first-order chi connectivity index (χ1) is 13.2. The van der Waals surface area contributed by atoms with Gasteiger partial charge in [0.1, 0.15) is 10.8 Å². The normalized spacial score (nSPS) is 15.4. The zero-order chi connectivity index (χ0) is 18.6. The number of thiazole rings is 1. The van der Waals surface area contributed by atoms with Gasteiger partial charge >= 0.3 is 0 Å². The monoisotopic (exact) mass is 401 g/mol. The van der Waals surface area contributed by atoms with Crippen LogP contribution in [-0.2, 0) is 11.3 Å². The first-order valence-corrected chi connectivity index (χ1v) is 10.7. The lowest BCUT2D eigenvalue weighted by Gasteiger charge is -2.34. The van der Waals surface area contributed by atoms with Crippen molar-refractivity contribution in [2.75, 3.05) is 31.9 Å². The maximum Gasteiger partial charge on any atom is 0.233 e. The smallest absolute Gasteiger partial charge is 0.233 e. The summed E-state index contributed by atoms with van der Waals surface area (Å²) in [6.45, 7) is 3.92. The largest absolute Gasteiger partial charge is 0.339 e. The highest BCUT2D eigenvalue weighted by atomic mass is 32.2. The van der Waals surface area contributed by atoms with E-state index >= 15 is 0 Å². The van der Waals surface area contributed by atoms with Crippen molar-refractivity contribution in [3.8, 4) is 0 Å². The highest BCUT2D eigenvalue weighted by Crippen LogP contribution is 2.24. The van der Waals surface area contributed by atoms with E-state index in [4.69, 9.17) is 0 Å². The number of halogens is 1. The van der Waals surface area contributed by atoms with Gasteiger partial charge in [-0.1, -0.05) is 24.3 Å². The number of hydrogen-bond donors (Lipinski definition) is 0. The molecule has 1 aliphatic heterocycles. The molecule has 7 heteroatoms. The Bertz CT molecular complexity index is 905. The van der Waals surface area contributed by atoms with Crippen molar-refractivity contribution < 1.29 is 9.18 Å². The molecule has 1 saturated heterocycles. The molecule has 0 saturated carbocycles. The molecule has 0 N–H and O–H groups in total. The van der Waals surface area contributed by atoms with E-state index in [-0.39, 0.29) is 17.5 Å². The summed E-state index contributed by atoms with van der Waals surface area (Å²) in [5, 5.41) is 1.12. The SMILES string of the molecule is O=C(CSc1ccccc1F)N1CCN(Cc2nc3ccccc3s2)CC1. The lowest BCUT2D eigenvalue weighted by Crippen LogP contribution is -2.48. The van der Waals surface area contributed by atoms with Gasteiger partial charge in [-0.3, -0.25) is 9.69 Å². The fourth-order valence-electron chi connectivity index (χ4n) is 3.13. The third kappa shape index (κ3) is 4.48. The van der Waals surface area contributed by atoms with Gasteiger partial charge in [0.25, 0.3) is 0 Å². The van der Waals surface area contributed by atoms with Crippen LogP contribution in [0.2, 0.25) is 0 Å². The molecule has 0 bridgehead atoms. The van der Waals surface area contributed by atoms with Crippen LogP contribution >= 0.6 is 23.1 Å². The summed E-state index contributed by atoms with van der Waals surface area (Å²) in [6, 6.07) is 14.8. The van der Waals surface area contributed by atoms with Crippen LogP contribution in [0.3, 0.4) is 0 Å². The predicted octanol–water partition coefficient (Wildman–Crippen LogP) is 3.87. The lowest BCUT2D eigenvalue weighted by molar-refractivity contribution is -0.130. The molecule has 140 valence electrons. The summed E-state index contributed by atoms with van der Waals surface area (Å²) in [7, 11) is 0. The van der Waals surface area contributed by atoms with Crippen molar-refractivity contribution in [3.05, 3.63) is 59.4 Å². The molecule has 27 heavy (non-hydrogen) atoms. The van der Waals surface area contributed by atoms with Crippen LogP contribution in [0.15, 0.2) is 53.4 Å². The molecule has 4 rings (SSSR count). The zero-order valence-electron chi connectivity index (χ0n) is 14.8. The Morgan fingerprint density at radius 2 is 1.81 bits per heavy atom. The first-order valence-electron chi connectivity index (χ1n) is 8.91. The van der Waals surface area contributed by atoms with E-state index in [0.717, 1.165) is 30.2 Å². The molecule has 1 amide bonds. The van der Waals surface area contributed by atoms with Gasteiger partial charge in [-0.25, -0.2) is 9.37 Å². The molecule has 0 radical (unpaired) electrons. The Morgan fingerprint density at radius 1 is 1.07 bits per heavy atom. The number of hydrogen-bond acceptors (Lipinski definition) is 5. The van der Waals surface area contributed by atoms with E-state index in [1.807, 2.05) is 23.1 Å². The van der Waals surface area contributed by atoms with E-state index in [0.29, 0.717) is 18.0 Å². The topological polar surface area (TPSA) is 36.4 Å². The van der Waals surface area contributed by atoms with Crippen molar-refractivity contribution in [3.63, 3.8) is 0 Å². The van der Waals surface area contributed by atoms with Crippen molar-refractivity contribution >= 4 is 39.2 Å². The summed E-state index contributed by atoms with van der Waals surface area (Å²) in [5.74, 6) is 0.0811. The second-order valence-corrected chi connectivity index (χ2v) is 8.58. The van der Waals surface area contributed by atoms with E-state index in [9.17, 15) is 9.18 Å². The van der Waals surface area contributed by atoms with Crippen LogP contribution in [0.25, 0.3) is 10.2 Å². The fourth-order valence-corrected chi connectivity index (χ4v) is 4.98. The highest BCUT2D eigenvalue weighted by Gasteiger charge is 2.22. The number of thioether (sulfide) groups is 1. The average molecular weight is 402 g/mol. The first kappa shape index (κ1) is 18.4. The molecular formula is C20H20FN3OS2.